The van der Waals surface area contributed by atoms with E-state index < -0.39 is 11.7 Å². The molecule has 0 unspecified atom stereocenters. The second-order valence-electron chi connectivity index (χ2n) is 4.03. The fourth-order valence-corrected chi connectivity index (χ4v) is 2.26. The Morgan fingerprint density at radius 1 is 1.05 bits per heavy atom. The van der Waals surface area contributed by atoms with Gasteiger partial charge in [-0.15, -0.1) is 0 Å². The van der Waals surface area contributed by atoms with E-state index in [0.717, 1.165) is 6.07 Å². The number of carbonyl (C=O) groups is 1. The molecular formula is C13H5Cl3F3NO. The maximum Gasteiger partial charge on any atom is 0.417 e. The smallest absolute Gasteiger partial charge is 0.296 e. The van der Waals surface area contributed by atoms with Crippen molar-refractivity contribution in [3.8, 4) is 11.1 Å². The van der Waals surface area contributed by atoms with Crippen LogP contribution in [0.2, 0.25) is 15.1 Å². The van der Waals surface area contributed by atoms with Crippen LogP contribution < -0.4 is 0 Å². The van der Waals surface area contributed by atoms with Crippen LogP contribution in [0.4, 0.5) is 13.2 Å². The lowest BCUT2D eigenvalue weighted by Crippen LogP contribution is -2.07. The van der Waals surface area contributed by atoms with Gasteiger partial charge < -0.3 is 0 Å². The molecule has 0 bridgehead atoms. The lowest BCUT2D eigenvalue weighted by Gasteiger charge is -2.11. The molecule has 2 rings (SSSR count). The fraction of sp³-hybridized carbons (Fsp3) is 0.0769. The van der Waals surface area contributed by atoms with Gasteiger partial charge in [-0.3, -0.25) is 9.78 Å². The summed E-state index contributed by atoms with van der Waals surface area (Å²) in [4.78, 5) is 14.5. The third kappa shape index (κ3) is 3.31. The normalized spacial score (nSPS) is 11.5. The Balaban J connectivity index is 2.69. The summed E-state index contributed by atoms with van der Waals surface area (Å²) in [5.74, 6) is 0. The lowest BCUT2D eigenvalue weighted by molar-refractivity contribution is -0.137. The van der Waals surface area contributed by atoms with E-state index in [1.807, 2.05) is 0 Å². The highest BCUT2D eigenvalue weighted by Gasteiger charge is 2.32. The van der Waals surface area contributed by atoms with Crippen molar-refractivity contribution in [1.29, 1.82) is 0 Å². The quantitative estimate of drug-likeness (QED) is 0.523. The molecule has 0 aliphatic carbocycles. The van der Waals surface area contributed by atoms with Gasteiger partial charge in [-0.25, -0.2) is 0 Å². The van der Waals surface area contributed by atoms with Crippen molar-refractivity contribution in [2.75, 3.05) is 0 Å². The number of hydrogen-bond acceptors (Lipinski definition) is 2. The highest BCUT2D eigenvalue weighted by atomic mass is 35.5. The van der Waals surface area contributed by atoms with E-state index in [9.17, 15) is 18.0 Å². The number of nitrogens with zero attached hydrogens (tertiary/aromatic N) is 1. The molecule has 0 radical (unpaired) electrons. The van der Waals surface area contributed by atoms with Crippen molar-refractivity contribution in [1.82, 2.24) is 4.98 Å². The van der Waals surface area contributed by atoms with Gasteiger partial charge in [0.2, 0.25) is 0 Å². The molecule has 0 saturated carbocycles. The second-order valence-corrected chi connectivity index (χ2v) is 5.22. The molecule has 0 N–H and O–H groups in total. The third-order valence-electron chi connectivity index (χ3n) is 2.65. The number of halogens is 6. The molecule has 21 heavy (non-hydrogen) atoms. The van der Waals surface area contributed by atoms with Crippen LogP contribution in [0.3, 0.4) is 0 Å². The Morgan fingerprint density at radius 2 is 1.62 bits per heavy atom. The Bertz CT molecular complexity index is 693. The van der Waals surface area contributed by atoms with E-state index in [-0.39, 0.29) is 31.9 Å². The molecule has 2 aromatic rings. The first-order valence-corrected chi connectivity index (χ1v) is 6.54. The first-order chi connectivity index (χ1) is 9.74. The molecular weight excluding hydrogens is 350 g/mol. The Morgan fingerprint density at radius 3 is 2.10 bits per heavy atom. The summed E-state index contributed by atoms with van der Waals surface area (Å²) < 4.78 is 38.2. The van der Waals surface area contributed by atoms with Crippen LogP contribution in [-0.4, -0.2) is 11.3 Å². The number of aromatic nitrogens is 1. The fourth-order valence-electron chi connectivity index (χ4n) is 1.67. The van der Waals surface area contributed by atoms with Gasteiger partial charge in [-0.05, 0) is 23.8 Å². The summed E-state index contributed by atoms with van der Waals surface area (Å²) >= 11 is 17.5. The summed E-state index contributed by atoms with van der Waals surface area (Å²) in [5, 5.41) is 0.205. The van der Waals surface area contributed by atoms with Crippen molar-refractivity contribution >= 4 is 41.1 Å². The molecule has 110 valence electrons. The third-order valence-corrected chi connectivity index (χ3v) is 3.85. The largest absolute Gasteiger partial charge is 0.417 e. The minimum absolute atomic E-state index is 0.0275. The van der Waals surface area contributed by atoms with E-state index in [1.165, 1.54) is 12.1 Å². The molecule has 0 amide bonds. The zero-order chi connectivity index (χ0) is 15.8. The van der Waals surface area contributed by atoms with Crippen LogP contribution in [0.15, 0.2) is 24.4 Å². The monoisotopic (exact) mass is 353 g/mol. The molecule has 0 atom stereocenters. The van der Waals surface area contributed by atoms with Crippen LogP contribution in [0, 0.1) is 0 Å². The maximum atomic E-state index is 12.7. The standard InChI is InChI=1S/C13H5Cl3F3NO/c14-9-1-6(2-10(15)12(9)16)8-3-7(13(17,18)19)4-20-11(8)5-21/h1-5H. The van der Waals surface area contributed by atoms with Crippen LogP contribution in [0.25, 0.3) is 11.1 Å². The highest BCUT2D eigenvalue weighted by molar-refractivity contribution is 6.48. The van der Waals surface area contributed by atoms with Gasteiger partial charge in [-0.2, -0.15) is 13.2 Å². The predicted octanol–water partition coefficient (Wildman–Crippen LogP) is 5.54. The minimum Gasteiger partial charge on any atom is -0.296 e. The molecule has 2 nitrogen and oxygen atoms in total. The molecule has 0 saturated heterocycles. The SMILES string of the molecule is O=Cc1ncc(C(F)(F)F)cc1-c1cc(Cl)c(Cl)c(Cl)c1. The number of hydrogen-bond donors (Lipinski definition) is 0. The van der Waals surface area contributed by atoms with Crippen LogP contribution in [-0.2, 0) is 6.18 Å². The number of pyridine rings is 1. The summed E-state index contributed by atoms with van der Waals surface area (Å²) in [6, 6.07) is 3.45. The highest BCUT2D eigenvalue weighted by Crippen LogP contribution is 2.37. The number of rotatable bonds is 2. The second kappa shape index (κ2) is 5.83. The minimum atomic E-state index is -4.58. The topological polar surface area (TPSA) is 30.0 Å². The molecule has 1 aromatic heterocycles. The maximum absolute atomic E-state index is 12.7. The zero-order valence-electron chi connectivity index (χ0n) is 10.0. The molecule has 0 aliphatic rings. The number of aldehydes is 1. The predicted molar refractivity (Wildman–Crippen MR) is 75.1 cm³/mol. The Hall–Kier alpha value is -1.30. The van der Waals surface area contributed by atoms with E-state index in [0.29, 0.717) is 12.5 Å². The number of benzene rings is 1. The van der Waals surface area contributed by atoms with Crippen molar-refractivity contribution in [2.45, 2.75) is 6.18 Å². The summed E-state index contributed by atoms with van der Waals surface area (Å²) in [6.07, 6.45) is -3.64. The zero-order valence-corrected chi connectivity index (χ0v) is 12.3. The Kier molecular flexibility index (Phi) is 4.46. The molecule has 8 heteroatoms. The molecule has 1 aromatic carbocycles. The lowest BCUT2D eigenvalue weighted by atomic mass is 10.0. The van der Waals surface area contributed by atoms with Crippen molar-refractivity contribution in [3.05, 3.63) is 50.7 Å². The molecule has 0 aliphatic heterocycles. The summed E-state index contributed by atoms with van der Waals surface area (Å²) in [6.45, 7) is 0. The van der Waals surface area contributed by atoms with Crippen molar-refractivity contribution in [3.63, 3.8) is 0 Å². The van der Waals surface area contributed by atoms with E-state index in [4.69, 9.17) is 34.8 Å². The van der Waals surface area contributed by atoms with Gasteiger partial charge in [0.25, 0.3) is 0 Å². The number of alkyl halides is 3. The van der Waals surface area contributed by atoms with Crippen LogP contribution in [0.1, 0.15) is 16.1 Å². The Labute approximate surface area is 132 Å². The van der Waals surface area contributed by atoms with Gasteiger partial charge in [0.15, 0.2) is 6.29 Å². The van der Waals surface area contributed by atoms with Gasteiger partial charge in [0.1, 0.15) is 5.69 Å². The summed E-state index contributed by atoms with van der Waals surface area (Å²) in [7, 11) is 0. The van der Waals surface area contributed by atoms with Crippen LogP contribution >= 0.6 is 34.8 Å². The van der Waals surface area contributed by atoms with E-state index in [1.54, 1.807) is 0 Å². The first kappa shape index (κ1) is 16.1. The average Bonchev–Trinajstić information content (AvgIpc) is 2.42. The molecule has 0 spiro atoms. The van der Waals surface area contributed by atoms with E-state index >= 15 is 0 Å². The van der Waals surface area contributed by atoms with Crippen molar-refractivity contribution in [2.24, 2.45) is 0 Å². The van der Waals surface area contributed by atoms with Gasteiger partial charge in [0.05, 0.1) is 20.6 Å². The van der Waals surface area contributed by atoms with Crippen molar-refractivity contribution < 1.29 is 18.0 Å². The van der Waals surface area contributed by atoms with Gasteiger partial charge in [-0.1, -0.05) is 34.8 Å². The van der Waals surface area contributed by atoms with Gasteiger partial charge in [0, 0.05) is 11.8 Å². The van der Waals surface area contributed by atoms with E-state index in [2.05, 4.69) is 4.98 Å². The van der Waals surface area contributed by atoms with Crippen LogP contribution in [0.5, 0.6) is 0 Å². The molecule has 1 heterocycles. The first-order valence-electron chi connectivity index (χ1n) is 5.41. The van der Waals surface area contributed by atoms with Gasteiger partial charge >= 0.3 is 6.18 Å². The molecule has 0 fully saturated rings. The number of carbonyl (C=O) groups excluding carboxylic acids is 1. The average molecular weight is 355 g/mol. The summed E-state index contributed by atoms with van der Waals surface area (Å²) in [5.41, 5.74) is -0.946.